The van der Waals surface area contributed by atoms with Crippen LogP contribution in [0.1, 0.15) is 0 Å². The van der Waals surface area contributed by atoms with Gasteiger partial charge in [-0.1, -0.05) is 0 Å². The molecular weight excluding hydrogens is 190 g/mol. The molecule has 0 atom stereocenters. The number of hydrogen-bond donors (Lipinski definition) is 2. The first-order chi connectivity index (χ1) is 7.26. The lowest BCUT2D eigenvalue weighted by Crippen LogP contribution is -1.95. The molecule has 0 saturated carbocycles. The second kappa shape index (κ2) is 3.65. The average Bonchev–Trinajstić information content (AvgIpc) is 2.28. The van der Waals surface area contributed by atoms with Crippen LogP contribution >= 0.6 is 0 Å². The molecule has 1 aromatic carbocycles. The summed E-state index contributed by atoms with van der Waals surface area (Å²) in [5, 5.41) is 4.07. The first kappa shape index (κ1) is 9.58. The van der Waals surface area contributed by atoms with Gasteiger partial charge >= 0.3 is 0 Å². The summed E-state index contributed by atoms with van der Waals surface area (Å²) < 4.78 is 5.17. The van der Waals surface area contributed by atoms with Gasteiger partial charge in [0.1, 0.15) is 5.75 Å². The lowest BCUT2D eigenvalue weighted by molar-refractivity contribution is 0.415. The third-order valence-corrected chi connectivity index (χ3v) is 2.35. The molecule has 0 saturated heterocycles. The van der Waals surface area contributed by atoms with Crippen LogP contribution in [0.3, 0.4) is 0 Å². The monoisotopic (exact) mass is 203 g/mol. The minimum Gasteiger partial charge on any atom is -0.497 e. The van der Waals surface area contributed by atoms with E-state index in [0.29, 0.717) is 5.69 Å². The molecule has 78 valence electrons. The Kier molecular flexibility index (Phi) is 2.33. The number of rotatable bonds is 2. The molecule has 0 amide bonds. The Hall–Kier alpha value is -1.97. The second-order valence-electron chi connectivity index (χ2n) is 3.22. The van der Waals surface area contributed by atoms with Crippen molar-refractivity contribution in [2.75, 3.05) is 25.2 Å². The molecule has 1 aromatic heterocycles. The highest BCUT2D eigenvalue weighted by Crippen LogP contribution is 2.30. The molecule has 15 heavy (non-hydrogen) atoms. The molecule has 4 nitrogen and oxygen atoms in total. The topological polar surface area (TPSA) is 60.2 Å². The summed E-state index contributed by atoms with van der Waals surface area (Å²) in [6.07, 6.45) is 1.73. The number of methoxy groups -OCH3 is 1. The van der Waals surface area contributed by atoms with Gasteiger partial charge in [-0.15, -0.1) is 0 Å². The molecule has 0 aliphatic carbocycles. The summed E-state index contributed by atoms with van der Waals surface area (Å²) in [4.78, 5) is 4.24. The maximum absolute atomic E-state index is 5.89. The number of aromatic nitrogens is 1. The van der Waals surface area contributed by atoms with E-state index in [1.165, 1.54) is 0 Å². The number of hydrogen-bond acceptors (Lipinski definition) is 4. The molecule has 0 spiro atoms. The molecule has 0 fully saturated rings. The number of nitrogens with two attached hydrogens (primary N) is 1. The van der Waals surface area contributed by atoms with Crippen molar-refractivity contribution in [2.24, 2.45) is 0 Å². The van der Waals surface area contributed by atoms with Crippen LogP contribution in [0.5, 0.6) is 5.75 Å². The van der Waals surface area contributed by atoms with Gasteiger partial charge in [-0.25, -0.2) is 0 Å². The Bertz CT molecular complexity index is 496. The van der Waals surface area contributed by atoms with Crippen molar-refractivity contribution in [3.63, 3.8) is 0 Å². The minimum atomic E-state index is 0.626. The van der Waals surface area contributed by atoms with E-state index in [9.17, 15) is 0 Å². The summed E-state index contributed by atoms with van der Waals surface area (Å²) in [6, 6.07) is 5.60. The molecule has 0 unspecified atom stereocenters. The smallest absolute Gasteiger partial charge is 0.121 e. The number of benzene rings is 1. The van der Waals surface area contributed by atoms with Crippen molar-refractivity contribution in [3.05, 3.63) is 24.4 Å². The first-order valence-corrected chi connectivity index (χ1v) is 4.66. The van der Waals surface area contributed by atoms with Crippen LogP contribution < -0.4 is 15.8 Å². The Morgan fingerprint density at radius 2 is 2.20 bits per heavy atom. The summed E-state index contributed by atoms with van der Waals surface area (Å²) in [5.41, 5.74) is 8.30. The van der Waals surface area contributed by atoms with Crippen molar-refractivity contribution in [1.29, 1.82) is 0 Å². The third-order valence-electron chi connectivity index (χ3n) is 2.35. The van der Waals surface area contributed by atoms with Gasteiger partial charge in [-0.3, -0.25) is 4.98 Å². The molecule has 0 radical (unpaired) electrons. The van der Waals surface area contributed by atoms with Crippen LogP contribution in [0.15, 0.2) is 24.4 Å². The molecule has 4 heteroatoms. The highest BCUT2D eigenvalue weighted by molar-refractivity contribution is 5.98. The lowest BCUT2D eigenvalue weighted by atomic mass is 10.1. The van der Waals surface area contributed by atoms with Crippen molar-refractivity contribution >= 4 is 22.3 Å². The normalized spacial score (nSPS) is 10.3. The van der Waals surface area contributed by atoms with Gasteiger partial charge in [0.2, 0.25) is 0 Å². The number of nitrogens with zero attached hydrogens (tertiary/aromatic N) is 1. The van der Waals surface area contributed by atoms with E-state index in [1.807, 2.05) is 19.2 Å². The number of pyridine rings is 1. The molecule has 3 N–H and O–H groups in total. The minimum absolute atomic E-state index is 0.626. The van der Waals surface area contributed by atoms with Crippen molar-refractivity contribution in [2.45, 2.75) is 0 Å². The van der Waals surface area contributed by atoms with Crippen LogP contribution in [0.4, 0.5) is 11.4 Å². The fourth-order valence-corrected chi connectivity index (χ4v) is 1.59. The fraction of sp³-hybridized carbons (Fsp3) is 0.182. The van der Waals surface area contributed by atoms with Crippen LogP contribution in [0, 0.1) is 0 Å². The van der Waals surface area contributed by atoms with Gasteiger partial charge in [0, 0.05) is 30.4 Å². The maximum Gasteiger partial charge on any atom is 0.121 e. The zero-order chi connectivity index (χ0) is 10.8. The molecule has 0 aliphatic rings. The SMILES string of the molecule is CNc1ccnc2c(N)cc(OC)cc12. The first-order valence-electron chi connectivity index (χ1n) is 4.66. The van der Waals surface area contributed by atoms with Crippen molar-refractivity contribution < 1.29 is 4.74 Å². The van der Waals surface area contributed by atoms with Crippen LogP contribution in [-0.2, 0) is 0 Å². The van der Waals surface area contributed by atoms with Crippen LogP contribution in [0.25, 0.3) is 10.9 Å². The number of anilines is 2. The Morgan fingerprint density at radius 3 is 2.87 bits per heavy atom. The average molecular weight is 203 g/mol. The highest BCUT2D eigenvalue weighted by atomic mass is 16.5. The summed E-state index contributed by atoms with van der Waals surface area (Å²) in [7, 11) is 3.49. The third kappa shape index (κ3) is 1.54. The number of nitrogens with one attached hydrogen (secondary N) is 1. The summed E-state index contributed by atoms with van der Waals surface area (Å²) in [5.74, 6) is 0.740. The number of ether oxygens (including phenoxy) is 1. The Labute approximate surface area is 88.1 Å². The predicted octanol–water partition coefficient (Wildman–Crippen LogP) is 1.87. The van der Waals surface area contributed by atoms with Gasteiger partial charge in [-0.2, -0.15) is 0 Å². The zero-order valence-electron chi connectivity index (χ0n) is 8.74. The Morgan fingerprint density at radius 1 is 1.40 bits per heavy atom. The van der Waals surface area contributed by atoms with E-state index >= 15 is 0 Å². The van der Waals surface area contributed by atoms with Gasteiger partial charge in [0.25, 0.3) is 0 Å². The van der Waals surface area contributed by atoms with Gasteiger partial charge < -0.3 is 15.8 Å². The molecule has 0 aliphatic heterocycles. The van der Waals surface area contributed by atoms with E-state index < -0.39 is 0 Å². The molecule has 2 aromatic rings. The van der Waals surface area contributed by atoms with Crippen LogP contribution in [0.2, 0.25) is 0 Å². The van der Waals surface area contributed by atoms with Gasteiger partial charge in [0.15, 0.2) is 0 Å². The van der Waals surface area contributed by atoms with E-state index in [0.717, 1.165) is 22.3 Å². The summed E-state index contributed by atoms with van der Waals surface area (Å²) >= 11 is 0. The van der Waals surface area contributed by atoms with Crippen molar-refractivity contribution in [1.82, 2.24) is 4.98 Å². The molecule has 1 heterocycles. The zero-order valence-corrected chi connectivity index (χ0v) is 8.74. The van der Waals surface area contributed by atoms with E-state index in [2.05, 4.69) is 10.3 Å². The highest BCUT2D eigenvalue weighted by Gasteiger charge is 2.06. The van der Waals surface area contributed by atoms with Gasteiger partial charge in [0.05, 0.1) is 18.3 Å². The summed E-state index contributed by atoms with van der Waals surface area (Å²) in [6.45, 7) is 0. The van der Waals surface area contributed by atoms with E-state index in [4.69, 9.17) is 10.5 Å². The van der Waals surface area contributed by atoms with Crippen LogP contribution in [-0.4, -0.2) is 19.1 Å². The lowest BCUT2D eigenvalue weighted by Gasteiger charge is -2.09. The fourth-order valence-electron chi connectivity index (χ4n) is 1.59. The number of nitrogen functional groups attached to an aromatic ring is 1. The van der Waals surface area contributed by atoms with E-state index in [-0.39, 0.29) is 0 Å². The maximum atomic E-state index is 5.89. The molecule has 0 bridgehead atoms. The van der Waals surface area contributed by atoms with E-state index in [1.54, 1.807) is 19.4 Å². The van der Waals surface area contributed by atoms with Gasteiger partial charge in [-0.05, 0) is 12.1 Å². The quantitative estimate of drug-likeness (QED) is 0.731. The molecular formula is C11H13N3O. The largest absolute Gasteiger partial charge is 0.497 e. The van der Waals surface area contributed by atoms with Crippen molar-refractivity contribution in [3.8, 4) is 5.75 Å². The Balaban J connectivity index is 2.79. The standard InChI is InChI=1S/C11H13N3O/c1-13-10-3-4-14-11-8(10)5-7(15-2)6-9(11)12/h3-6H,12H2,1-2H3,(H,13,14). The second-order valence-corrected chi connectivity index (χ2v) is 3.22. The molecule has 2 rings (SSSR count). The predicted molar refractivity (Wildman–Crippen MR) is 62.3 cm³/mol. The number of fused-ring (bicyclic) bond motifs is 1.